The monoisotopic (exact) mass is 636 g/mol. The normalized spacial score (nSPS) is 11.4. The minimum Gasteiger partial charge on any atom is -0.457 e. The summed E-state index contributed by atoms with van der Waals surface area (Å²) >= 11 is 0. The lowest BCUT2D eigenvalue weighted by Crippen LogP contribution is -1.96. The van der Waals surface area contributed by atoms with Gasteiger partial charge in [0.15, 0.2) is 0 Å². The van der Waals surface area contributed by atoms with Gasteiger partial charge in [-0.05, 0) is 73.2 Å². The molecule has 5 rings (SSSR count). The summed E-state index contributed by atoms with van der Waals surface area (Å²) < 4.78 is 16.5. The number of unbranched alkanes of at least 4 members (excludes halogenated alkanes) is 12. The second kappa shape index (κ2) is 25.5. The summed E-state index contributed by atoms with van der Waals surface area (Å²) in [6.45, 7) is 6.56. The van der Waals surface area contributed by atoms with Crippen LogP contribution in [0.4, 0.5) is 0 Å². The Labute approximate surface area is 286 Å². The first-order valence-electron chi connectivity index (χ1n) is 18.5. The topological polar surface area (TPSA) is 31.0 Å². The zero-order valence-electron chi connectivity index (χ0n) is 29.3. The number of benzene rings is 4. The molecule has 0 bridgehead atoms. The van der Waals surface area contributed by atoms with Crippen LogP contribution in [0.5, 0.6) is 23.0 Å². The number of rotatable bonds is 20. The summed E-state index contributed by atoms with van der Waals surface area (Å²) in [6.07, 6.45) is 21.1. The number of epoxide rings is 1. The summed E-state index contributed by atoms with van der Waals surface area (Å²) in [7, 11) is 0. The summed E-state index contributed by atoms with van der Waals surface area (Å²) in [4.78, 5) is 0. The van der Waals surface area contributed by atoms with Gasteiger partial charge in [0.05, 0.1) is 13.2 Å². The molecule has 0 aliphatic carbocycles. The first kappa shape index (κ1) is 37.9. The molecule has 0 spiro atoms. The van der Waals surface area contributed by atoms with Gasteiger partial charge in [0.1, 0.15) is 23.0 Å². The molecular weight excluding hydrogens is 576 g/mol. The quantitative estimate of drug-likeness (QED) is 0.0714. The van der Waals surface area contributed by atoms with Crippen molar-refractivity contribution < 1.29 is 14.2 Å². The van der Waals surface area contributed by atoms with Crippen molar-refractivity contribution in [2.75, 3.05) is 13.2 Å². The lowest BCUT2D eigenvalue weighted by molar-refractivity contribution is 0.466. The second-order valence-electron chi connectivity index (χ2n) is 12.4. The second-order valence-corrected chi connectivity index (χ2v) is 12.4. The molecule has 0 amide bonds. The van der Waals surface area contributed by atoms with Crippen LogP contribution in [-0.4, -0.2) is 13.2 Å². The van der Waals surface area contributed by atoms with Gasteiger partial charge in [-0.15, -0.1) is 0 Å². The minimum absolute atomic E-state index is 0.869. The molecule has 0 atom stereocenters. The van der Waals surface area contributed by atoms with Gasteiger partial charge in [0, 0.05) is 0 Å². The fourth-order valence-electron chi connectivity index (χ4n) is 5.40. The first-order chi connectivity index (χ1) is 23.3. The fraction of sp³-hybridized carbons (Fsp3) is 0.455. The van der Waals surface area contributed by atoms with Crippen molar-refractivity contribution >= 4 is 0 Å². The van der Waals surface area contributed by atoms with E-state index in [1.54, 1.807) is 0 Å². The van der Waals surface area contributed by atoms with E-state index in [0.29, 0.717) is 0 Å². The first-order valence-corrected chi connectivity index (χ1v) is 18.5. The predicted octanol–water partition coefficient (Wildman–Crippen LogP) is 13.6. The molecule has 1 fully saturated rings. The van der Waals surface area contributed by atoms with Gasteiger partial charge in [0.2, 0.25) is 0 Å². The standard InChI is InChI=1S/C30H46O.C12H10O.C2H4O/c1-3-5-7-9-11-13-15-21-27-23-17-19-25-29(27)31-30-26-20-18-24-28(30)22-16-14-12-10-8-6-4-2;1-3-7-11(8-4-1)13-12-9-5-2-6-10-12;1-2-3-1/h17-20,23-26H,3-16,21-22H2,1-2H3;1-10H;1-2H2. The van der Waals surface area contributed by atoms with E-state index in [2.05, 4.69) is 67.1 Å². The molecule has 4 aromatic rings. The SMILES string of the molecule is C1CO1.CCCCCCCCCc1ccccc1Oc1ccccc1CCCCCCCCC.c1ccc(Oc2ccccc2)cc1. The molecule has 3 heteroatoms. The van der Waals surface area contributed by atoms with Crippen LogP contribution >= 0.6 is 0 Å². The molecule has 0 aromatic heterocycles. The van der Waals surface area contributed by atoms with Crippen LogP contribution in [0.25, 0.3) is 0 Å². The van der Waals surface area contributed by atoms with Crippen molar-refractivity contribution in [3.8, 4) is 23.0 Å². The van der Waals surface area contributed by atoms with E-state index in [9.17, 15) is 0 Å². The third kappa shape index (κ3) is 18.4. The minimum atomic E-state index is 0.869. The summed E-state index contributed by atoms with van der Waals surface area (Å²) in [5.41, 5.74) is 2.70. The summed E-state index contributed by atoms with van der Waals surface area (Å²) in [6, 6.07) is 36.8. The van der Waals surface area contributed by atoms with Crippen molar-refractivity contribution in [2.45, 2.75) is 117 Å². The molecular formula is C44H60O3. The van der Waals surface area contributed by atoms with Crippen LogP contribution in [0.1, 0.15) is 115 Å². The Morgan fingerprint density at radius 3 is 1.13 bits per heavy atom. The zero-order valence-corrected chi connectivity index (χ0v) is 29.3. The van der Waals surface area contributed by atoms with E-state index in [1.165, 1.54) is 101 Å². The molecule has 0 radical (unpaired) electrons. The molecule has 254 valence electrons. The molecule has 3 nitrogen and oxygen atoms in total. The van der Waals surface area contributed by atoms with E-state index in [4.69, 9.17) is 9.47 Å². The number of hydrogen-bond acceptors (Lipinski definition) is 3. The molecule has 0 N–H and O–H groups in total. The van der Waals surface area contributed by atoms with E-state index in [1.807, 2.05) is 60.7 Å². The highest BCUT2D eigenvalue weighted by Crippen LogP contribution is 2.30. The molecule has 1 aliphatic heterocycles. The van der Waals surface area contributed by atoms with Crippen LogP contribution in [0.3, 0.4) is 0 Å². The summed E-state index contributed by atoms with van der Waals surface area (Å²) in [5, 5.41) is 0. The van der Waals surface area contributed by atoms with Gasteiger partial charge in [-0.25, -0.2) is 0 Å². The van der Waals surface area contributed by atoms with Crippen molar-refractivity contribution in [1.29, 1.82) is 0 Å². The highest BCUT2D eigenvalue weighted by atomic mass is 16.6. The third-order valence-corrected chi connectivity index (χ3v) is 8.19. The maximum atomic E-state index is 6.46. The Morgan fingerprint density at radius 2 is 0.745 bits per heavy atom. The third-order valence-electron chi connectivity index (χ3n) is 8.19. The average Bonchev–Trinajstić information content (AvgIpc) is 4.00. The fourth-order valence-corrected chi connectivity index (χ4v) is 5.40. The Morgan fingerprint density at radius 1 is 0.404 bits per heavy atom. The van der Waals surface area contributed by atoms with Crippen LogP contribution < -0.4 is 9.47 Å². The lowest BCUT2D eigenvalue weighted by atomic mass is 10.0. The van der Waals surface area contributed by atoms with Crippen molar-refractivity contribution in [1.82, 2.24) is 0 Å². The highest BCUT2D eigenvalue weighted by Gasteiger charge is 2.08. The molecule has 0 saturated carbocycles. The average molecular weight is 637 g/mol. The van der Waals surface area contributed by atoms with Crippen LogP contribution in [0.2, 0.25) is 0 Å². The van der Waals surface area contributed by atoms with Gasteiger partial charge in [-0.3, -0.25) is 0 Å². The number of aryl methyl sites for hydroxylation is 2. The van der Waals surface area contributed by atoms with Crippen LogP contribution in [-0.2, 0) is 17.6 Å². The van der Waals surface area contributed by atoms with Gasteiger partial charge in [-0.2, -0.15) is 0 Å². The highest BCUT2D eigenvalue weighted by molar-refractivity contribution is 5.41. The van der Waals surface area contributed by atoms with E-state index >= 15 is 0 Å². The van der Waals surface area contributed by atoms with Crippen LogP contribution in [0.15, 0.2) is 109 Å². The Hall–Kier alpha value is -3.56. The van der Waals surface area contributed by atoms with E-state index in [0.717, 1.165) is 49.1 Å². The van der Waals surface area contributed by atoms with E-state index in [-0.39, 0.29) is 0 Å². The molecule has 4 aromatic carbocycles. The maximum absolute atomic E-state index is 6.46. The molecule has 1 saturated heterocycles. The summed E-state index contributed by atoms with van der Waals surface area (Å²) in [5.74, 6) is 3.82. The predicted molar refractivity (Wildman–Crippen MR) is 200 cm³/mol. The Bertz CT molecular complexity index is 1190. The van der Waals surface area contributed by atoms with Crippen molar-refractivity contribution in [3.63, 3.8) is 0 Å². The molecule has 1 aliphatic rings. The molecule has 47 heavy (non-hydrogen) atoms. The number of para-hydroxylation sites is 4. The van der Waals surface area contributed by atoms with Crippen molar-refractivity contribution in [2.24, 2.45) is 0 Å². The zero-order chi connectivity index (χ0) is 33.0. The molecule has 0 unspecified atom stereocenters. The van der Waals surface area contributed by atoms with Crippen molar-refractivity contribution in [3.05, 3.63) is 120 Å². The van der Waals surface area contributed by atoms with E-state index < -0.39 is 0 Å². The number of hydrogen-bond donors (Lipinski definition) is 0. The van der Waals surface area contributed by atoms with Gasteiger partial charge < -0.3 is 14.2 Å². The molecule has 1 heterocycles. The van der Waals surface area contributed by atoms with Gasteiger partial charge in [0.25, 0.3) is 0 Å². The van der Waals surface area contributed by atoms with Crippen LogP contribution in [0, 0.1) is 0 Å². The van der Waals surface area contributed by atoms with Gasteiger partial charge in [-0.1, -0.05) is 164 Å². The largest absolute Gasteiger partial charge is 0.457 e. The Kier molecular flexibility index (Phi) is 20.6. The van der Waals surface area contributed by atoms with Gasteiger partial charge >= 0.3 is 0 Å². The number of ether oxygens (including phenoxy) is 3. The maximum Gasteiger partial charge on any atom is 0.130 e. The Balaban J connectivity index is 0.000000304. The smallest absolute Gasteiger partial charge is 0.130 e. The lowest BCUT2D eigenvalue weighted by Gasteiger charge is -2.14.